The van der Waals surface area contributed by atoms with Crippen LogP contribution in [-0.4, -0.2) is 28.4 Å². The van der Waals surface area contributed by atoms with Gasteiger partial charge < -0.3 is 4.90 Å². The van der Waals surface area contributed by atoms with Crippen molar-refractivity contribution in [1.82, 2.24) is 9.88 Å². The van der Waals surface area contributed by atoms with Gasteiger partial charge in [-0.15, -0.1) is 0 Å². The molecule has 0 aliphatic rings. The van der Waals surface area contributed by atoms with Crippen molar-refractivity contribution in [2.24, 2.45) is 5.92 Å². The summed E-state index contributed by atoms with van der Waals surface area (Å²) in [5.74, 6) is 0.693. The molecule has 1 rings (SSSR count). The highest BCUT2D eigenvalue weighted by Gasteiger charge is 2.17. The molecule has 0 radical (unpaired) electrons. The number of carbonyl (C=O) groups is 1. The second-order valence-corrected chi connectivity index (χ2v) is 5.07. The van der Waals surface area contributed by atoms with E-state index in [4.69, 9.17) is 0 Å². The minimum Gasteiger partial charge on any atom is -0.340 e. The van der Waals surface area contributed by atoms with E-state index in [0.29, 0.717) is 12.3 Å². The zero-order valence-corrected chi connectivity index (χ0v) is 11.2. The first-order valence-corrected chi connectivity index (χ1v) is 6.19. The zero-order chi connectivity index (χ0) is 12.8. The topological polar surface area (TPSA) is 33.2 Å². The van der Waals surface area contributed by atoms with E-state index in [-0.39, 0.29) is 11.9 Å². The van der Waals surface area contributed by atoms with E-state index in [9.17, 15) is 4.79 Å². The smallest absolute Gasteiger partial charge is 0.227 e. The predicted molar refractivity (Wildman–Crippen MR) is 69.6 cm³/mol. The molecule has 1 aromatic heterocycles. The van der Waals surface area contributed by atoms with Crippen LogP contribution in [0, 0.1) is 5.92 Å². The molecule has 3 nitrogen and oxygen atoms in total. The Morgan fingerprint density at radius 1 is 1.24 bits per heavy atom. The predicted octanol–water partition coefficient (Wildman–Crippen LogP) is 2.52. The average molecular weight is 234 g/mol. The molecule has 3 heteroatoms. The Morgan fingerprint density at radius 2 is 1.82 bits per heavy atom. The Kier molecular flexibility index (Phi) is 5.13. The number of carbonyl (C=O) groups excluding carboxylic acids is 1. The Morgan fingerprint density at radius 3 is 2.29 bits per heavy atom. The normalized spacial score (nSPS) is 10.9. The summed E-state index contributed by atoms with van der Waals surface area (Å²) in [4.78, 5) is 18.1. The van der Waals surface area contributed by atoms with E-state index in [1.54, 1.807) is 12.4 Å². The Balaban J connectivity index is 2.66. The minimum absolute atomic E-state index is 0.194. The Bertz CT molecular complexity index is 346. The van der Waals surface area contributed by atoms with Gasteiger partial charge in [0.25, 0.3) is 0 Å². The molecule has 0 fully saturated rings. The lowest BCUT2D eigenvalue weighted by Crippen LogP contribution is -2.40. The Labute approximate surface area is 104 Å². The van der Waals surface area contributed by atoms with Crippen LogP contribution in [0.4, 0.5) is 0 Å². The van der Waals surface area contributed by atoms with Gasteiger partial charge in [0.2, 0.25) is 5.91 Å². The van der Waals surface area contributed by atoms with E-state index >= 15 is 0 Å². The molecule has 17 heavy (non-hydrogen) atoms. The summed E-state index contributed by atoms with van der Waals surface area (Å²) >= 11 is 0. The van der Waals surface area contributed by atoms with Crippen molar-refractivity contribution in [2.45, 2.75) is 40.2 Å². The zero-order valence-electron chi connectivity index (χ0n) is 11.2. The van der Waals surface area contributed by atoms with Gasteiger partial charge in [-0.25, -0.2) is 0 Å². The van der Waals surface area contributed by atoms with Gasteiger partial charge in [0.15, 0.2) is 0 Å². The maximum absolute atomic E-state index is 12.2. The lowest BCUT2D eigenvalue weighted by Gasteiger charge is -2.28. The molecule has 94 valence electrons. The number of rotatable bonds is 5. The molecular formula is C14H22N2O. The monoisotopic (exact) mass is 234 g/mol. The average Bonchev–Trinajstić information content (AvgIpc) is 2.26. The first kappa shape index (κ1) is 13.7. The third-order valence-corrected chi connectivity index (χ3v) is 2.61. The first-order valence-electron chi connectivity index (χ1n) is 6.19. The number of pyridine rings is 1. The highest BCUT2D eigenvalue weighted by Crippen LogP contribution is 2.08. The molecule has 0 unspecified atom stereocenters. The second-order valence-electron chi connectivity index (χ2n) is 5.07. The third-order valence-electron chi connectivity index (χ3n) is 2.61. The van der Waals surface area contributed by atoms with Gasteiger partial charge in [-0.3, -0.25) is 9.78 Å². The number of hydrogen-bond acceptors (Lipinski definition) is 2. The highest BCUT2D eigenvalue weighted by atomic mass is 16.2. The molecule has 0 aliphatic heterocycles. The quantitative estimate of drug-likeness (QED) is 0.784. The number of aromatic nitrogens is 1. The van der Waals surface area contributed by atoms with Gasteiger partial charge in [-0.05, 0) is 37.5 Å². The fourth-order valence-electron chi connectivity index (χ4n) is 1.77. The lowest BCUT2D eigenvalue weighted by molar-refractivity contribution is -0.132. The van der Waals surface area contributed by atoms with Crippen LogP contribution in [0.3, 0.4) is 0 Å². The third kappa shape index (κ3) is 4.55. The molecular weight excluding hydrogens is 212 g/mol. The number of nitrogens with zero attached hydrogens (tertiary/aromatic N) is 2. The minimum atomic E-state index is 0.194. The van der Waals surface area contributed by atoms with Crippen LogP contribution < -0.4 is 0 Å². The molecule has 0 N–H and O–H groups in total. The first-order chi connectivity index (χ1) is 8.00. The summed E-state index contributed by atoms with van der Waals surface area (Å²) in [5, 5.41) is 0. The molecule has 0 saturated heterocycles. The van der Waals surface area contributed by atoms with Gasteiger partial charge in [0.1, 0.15) is 0 Å². The summed E-state index contributed by atoms with van der Waals surface area (Å²) < 4.78 is 0. The SMILES string of the molecule is CC(C)CN(C(=O)Cc1ccncc1)C(C)C. The van der Waals surface area contributed by atoms with E-state index in [0.717, 1.165) is 12.1 Å². The van der Waals surface area contributed by atoms with Gasteiger partial charge in [-0.1, -0.05) is 13.8 Å². The van der Waals surface area contributed by atoms with Crippen LogP contribution in [0.25, 0.3) is 0 Å². The van der Waals surface area contributed by atoms with Crippen LogP contribution in [0.15, 0.2) is 24.5 Å². The van der Waals surface area contributed by atoms with E-state index in [2.05, 4.69) is 32.7 Å². The van der Waals surface area contributed by atoms with Crippen molar-refractivity contribution < 1.29 is 4.79 Å². The fraction of sp³-hybridized carbons (Fsp3) is 0.571. The van der Waals surface area contributed by atoms with Crippen molar-refractivity contribution in [2.75, 3.05) is 6.54 Å². The second kappa shape index (κ2) is 6.38. The summed E-state index contributed by atoms with van der Waals surface area (Å²) in [7, 11) is 0. The lowest BCUT2D eigenvalue weighted by atomic mass is 10.1. The van der Waals surface area contributed by atoms with Gasteiger partial charge in [0.05, 0.1) is 6.42 Å². The van der Waals surface area contributed by atoms with Crippen molar-refractivity contribution in [3.63, 3.8) is 0 Å². The van der Waals surface area contributed by atoms with Gasteiger partial charge >= 0.3 is 0 Å². The molecule has 0 saturated carbocycles. The Hall–Kier alpha value is -1.38. The summed E-state index contributed by atoms with van der Waals surface area (Å²) in [6, 6.07) is 4.05. The number of hydrogen-bond donors (Lipinski definition) is 0. The number of amides is 1. The maximum Gasteiger partial charge on any atom is 0.227 e. The van der Waals surface area contributed by atoms with E-state index in [1.165, 1.54) is 0 Å². The van der Waals surface area contributed by atoms with E-state index in [1.807, 2.05) is 17.0 Å². The largest absolute Gasteiger partial charge is 0.340 e. The fourth-order valence-corrected chi connectivity index (χ4v) is 1.77. The van der Waals surface area contributed by atoms with Crippen molar-refractivity contribution in [3.05, 3.63) is 30.1 Å². The molecule has 1 amide bonds. The molecule has 1 aromatic rings. The van der Waals surface area contributed by atoms with Crippen LogP contribution in [0.1, 0.15) is 33.3 Å². The van der Waals surface area contributed by atoms with Gasteiger partial charge in [-0.2, -0.15) is 0 Å². The standard InChI is InChI=1S/C14H22N2O/c1-11(2)10-16(12(3)4)14(17)9-13-5-7-15-8-6-13/h5-8,11-12H,9-10H2,1-4H3. The molecule has 0 spiro atoms. The molecule has 1 heterocycles. The summed E-state index contributed by atoms with van der Waals surface area (Å²) in [6.07, 6.45) is 3.92. The molecule has 0 aliphatic carbocycles. The molecule has 0 aromatic carbocycles. The van der Waals surface area contributed by atoms with Crippen LogP contribution in [0.5, 0.6) is 0 Å². The van der Waals surface area contributed by atoms with Crippen molar-refractivity contribution in [3.8, 4) is 0 Å². The van der Waals surface area contributed by atoms with Crippen molar-refractivity contribution >= 4 is 5.91 Å². The summed E-state index contributed by atoms with van der Waals surface area (Å²) in [6.45, 7) is 9.21. The summed E-state index contributed by atoms with van der Waals surface area (Å²) in [5.41, 5.74) is 1.03. The van der Waals surface area contributed by atoms with Crippen LogP contribution in [-0.2, 0) is 11.2 Å². The maximum atomic E-state index is 12.2. The highest BCUT2D eigenvalue weighted by molar-refractivity contribution is 5.79. The molecule has 0 atom stereocenters. The van der Waals surface area contributed by atoms with Crippen molar-refractivity contribution in [1.29, 1.82) is 0 Å². The van der Waals surface area contributed by atoms with E-state index < -0.39 is 0 Å². The molecule has 0 bridgehead atoms. The van der Waals surface area contributed by atoms with Crippen LogP contribution in [0.2, 0.25) is 0 Å². The van der Waals surface area contributed by atoms with Crippen LogP contribution >= 0.6 is 0 Å². The van der Waals surface area contributed by atoms with Gasteiger partial charge in [0, 0.05) is 25.0 Å².